The summed E-state index contributed by atoms with van der Waals surface area (Å²) in [4.78, 5) is 25.1. The summed E-state index contributed by atoms with van der Waals surface area (Å²) in [5, 5.41) is 3.78. The van der Waals surface area contributed by atoms with Gasteiger partial charge in [0, 0.05) is 12.8 Å². The van der Waals surface area contributed by atoms with Gasteiger partial charge in [-0.2, -0.15) is 0 Å². The second kappa shape index (κ2) is 5.38. The highest BCUT2D eigenvalue weighted by atomic mass is 32.1. The zero-order valence-corrected chi connectivity index (χ0v) is 11.1. The predicted molar refractivity (Wildman–Crippen MR) is 71.3 cm³/mol. The third kappa shape index (κ3) is 2.90. The Labute approximate surface area is 108 Å². The van der Waals surface area contributed by atoms with Crippen LogP contribution in [0, 0.1) is 6.92 Å². The lowest BCUT2D eigenvalue weighted by molar-refractivity contribution is 0.0921. The Morgan fingerprint density at radius 3 is 2.41 bits per heavy atom. The van der Waals surface area contributed by atoms with Crippen LogP contribution in [-0.4, -0.2) is 11.6 Å². The molecule has 88 valence electrons. The Kier molecular flexibility index (Phi) is 3.86. The van der Waals surface area contributed by atoms with E-state index in [1.165, 1.54) is 22.7 Å². The maximum atomic E-state index is 11.9. The van der Waals surface area contributed by atoms with Crippen LogP contribution in [0.25, 0.3) is 0 Å². The first kappa shape index (κ1) is 12.2. The Hall–Kier alpha value is -1.26. The standard InChI is InChI=1S/C13H12O2S2/c1-9-6-8-17-13(9)11(15)5-4-10(14)12-3-2-7-16-12/h2-3,6-8H,4-5H2,1H3. The number of rotatable bonds is 5. The van der Waals surface area contributed by atoms with Crippen molar-refractivity contribution in [1.82, 2.24) is 0 Å². The summed E-state index contributed by atoms with van der Waals surface area (Å²) in [5.74, 6) is 0.130. The molecule has 0 radical (unpaired) electrons. The van der Waals surface area contributed by atoms with Crippen LogP contribution in [-0.2, 0) is 0 Å². The largest absolute Gasteiger partial charge is 0.293 e. The molecule has 0 amide bonds. The van der Waals surface area contributed by atoms with Crippen molar-refractivity contribution < 1.29 is 9.59 Å². The maximum Gasteiger partial charge on any atom is 0.173 e. The van der Waals surface area contributed by atoms with Crippen LogP contribution in [0.1, 0.15) is 37.7 Å². The van der Waals surface area contributed by atoms with E-state index in [1.54, 1.807) is 6.07 Å². The van der Waals surface area contributed by atoms with Gasteiger partial charge in [-0.1, -0.05) is 6.07 Å². The molecule has 0 bridgehead atoms. The second-order valence-corrected chi connectivity index (χ2v) is 5.62. The Morgan fingerprint density at radius 1 is 1.06 bits per heavy atom. The van der Waals surface area contributed by atoms with Crippen molar-refractivity contribution in [3.05, 3.63) is 44.3 Å². The fourth-order valence-corrected chi connectivity index (χ4v) is 3.15. The predicted octanol–water partition coefficient (Wildman–Crippen LogP) is 3.96. The molecule has 0 aliphatic rings. The number of thiophene rings is 2. The summed E-state index contributed by atoms with van der Waals surface area (Å²) >= 11 is 2.87. The molecule has 2 heterocycles. The molecule has 0 unspecified atom stereocenters. The first-order valence-corrected chi connectivity index (χ1v) is 7.08. The zero-order chi connectivity index (χ0) is 12.3. The number of hydrogen-bond acceptors (Lipinski definition) is 4. The van der Waals surface area contributed by atoms with Gasteiger partial charge in [-0.3, -0.25) is 9.59 Å². The topological polar surface area (TPSA) is 34.1 Å². The summed E-state index contributed by atoms with van der Waals surface area (Å²) in [6.45, 7) is 1.92. The minimum absolute atomic E-state index is 0.0579. The van der Waals surface area contributed by atoms with Crippen molar-refractivity contribution in [2.45, 2.75) is 19.8 Å². The van der Waals surface area contributed by atoms with E-state index in [1.807, 2.05) is 29.8 Å². The molecule has 2 rings (SSSR count). The highest BCUT2D eigenvalue weighted by Crippen LogP contribution is 2.19. The molecular formula is C13H12O2S2. The molecule has 0 fully saturated rings. The van der Waals surface area contributed by atoms with Gasteiger partial charge >= 0.3 is 0 Å². The van der Waals surface area contributed by atoms with E-state index < -0.39 is 0 Å². The van der Waals surface area contributed by atoms with Crippen LogP contribution in [0.2, 0.25) is 0 Å². The van der Waals surface area contributed by atoms with Crippen LogP contribution in [0.15, 0.2) is 29.0 Å². The first-order chi connectivity index (χ1) is 8.18. The number of Topliss-reactive ketones (excluding diaryl/α,β-unsaturated/α-hetero) is 2. The second-order valence-electron chi connectivity index (χ2n) is 3.76. The molecule has 0 aromatic carbocycles. The fourth-order valence-electron chi connectivity index (χ4n) is 1.56. The van der Waals surface area contributed by atoms with Gasteiger partial charge in [0.2, 0.25) is 0 Å². The summed E-state index contributed by atoms with van der Waals surface area (Å²) in [7, 11) is 0. The third-order valence-corrected chi connectivity index (χ3v) is 4.46. The van der Waals surface area contributed by atoms with Gasteiger partial charge in [0.05, 0.1) is 9.75 Å². The minimum atomic E-state index is 0.0579. The SMILES string of the molecule is Cc1ccsc1C(=O)CCC(=O)c1cccs1. The summed E-state index contributed by atoms with van der Waals surface area (Å²) in [6, 6.07) is 5.58. The summed E-state index contributed by atoms with van der Waals surface area (Å²) in [6.07, 6.45) is 0.606. The van der Waals surface area contributed by atoms with Crippen molar-refractivity contribution in [3.8, 4) is 0 Å². The van der Waals surface area contributed by atoms with Gasteiger partial charge in [-0.05, 0) is 35.4 Å². The lowest BCUT2D eigenvalue weighted by atomic mass is 10.1. The average molecular weight is 264 g/mol. The molecule has 0 aliphatic heterocycles. The van der Waals surface area contributed by atoms with Gasteiger partial charge in [0.1, 0.15) is 0 Å². The Bertz CT molecular complexity index is 523. The van der Waals surface area contributed by atoms with E-state index in [2.05, 4.69) is 0 Å². The van der Waals surface area contributed by atoms with E-state index in [0.717, 1.165) is 15.3 Å². The fraction of sp³-hybridized carbons (Fsp3) is 0.231. The van der Waals surface area contributed by atoms with Crippen molar-refractivity contribution in [2.75, 3.05) is 0 Å². The lowest BCUT2D eigenvalue weighted by Crippen LogP contribution is -2.03. The quantitative estimate of drug-likeness (QED) is 0.766. The Balaban J connectivity index is 1.93. The van der Waals surface area contributed by atoms with E-state index in [4.69, 9.17) is 0 Å². The molecule has 0 saturated heterocycles. The molecule has 0 atom stereocenters. The van der Waals surface area contributed by atoms with Crippen molar-refractivity contribution in [1.29, 1.82) is 0 Å². The van der Waals surface area contributed by atoms with Gasteiger partial charge in [0.25, 0.3) is 0 Å². The van der Waals surface area contributed by atoms with E-state index >= 15 is 0 Å². The maximum absolute atomic E-state index is 11.9. The number of carbonyl (C=O) groups excluding carboxylic acids is 2. The molecule has 4 heteroatoms. The highest BCUT2D eigenvalue weighted by molar-refractivity contribution is 7.12. The zero-order valence-electron chi connectivity index (χ0n) is 9.43. The van der Waals surface area contributed by atoms with Gasteiger partial charge < -0.3 is 0 Å². The van der Waals surface area contributed by atoms with Crippen molar-refractivity contribution in [3.63, 3.8) is 0 Å². The molecular weight excluding hydrogens is 252 g/mol. The smallest absolute Gasteiger partial charge is 0.173 e. The summed E-state index contributed by atoms with van der Waals surface area (Å²) in [5.41, 5.74) is 1.00. The van der Waals surface area contributed by atoms with E-state index in [-0.39, 0.29) is 11.6 Å². The normalized spacial score (nSPS) is 10.4. The third-order valence-electron chi connectivity index (χ3n) is 2.49. The number of aryl methyl sites for hydroxylation is 1. The van der Waals surface area contributed by atoms with Crippen molar-refractivity contribution >= 4 is 34.2 Å². The molecule has 0 spiro atoms. The Morgan fingerprint density at radius 2 is 1.82 bits per heavy atom. The van der Waals surface area contributed by atoms with Crippen LogP contribution in [0.5, 0.6) is 0 Å². The lowest BCUT2D eigenvalue weighted by Gasteiger charge is -1.98. The first-order valence-electron chi connectivity index (χ1n) is 5.32. The molecule has 17 heavy (non-hydrogen) atoms. The number of hydrogen-bond donors (Lipinski definition) is 0. The van der Waals surface area contributed by atoms with Crippen LogP contribution < -0.4 is 0 Å². The van der Waals surface area contributed by atoms with Crippen LogP contribution >= 0.6 is 22.7 Å². The summed E-state index contributed by atoms with van der Waals surface area (Å²) < 4.78 is 0. The molecule has 0 saturated carbocycles. The van der Waals surface area contributed by atoms with E-state index in [9.17, 15) is 9.59 Å². The van der Waals surface area contributed by atoms with Gasteiger partial charge in [-0.25, -0.2) is 0 Å². The monoisotopic (exact) mass is 264 g/mol. The average Bonchev–Trinajstić information content (AvgIpc) is 2.95. The van der Waals surface area contributed by atoms with Crippen molar-refractivity contribution in [2.24, 2.45) is 0 Å². The number of carbonyl (C=O) groups is 2. The molecule has 2 aromatic rings. The molecule has 2 aromatic heterocycles. The highest BCUT2D eigenvalue weighted by Gasteiger charge is 2.14. The minimum Gasteiger partial charge on any atom is -0.293 e. The van der Waals surface area contributed by atoms with E-state index in [0.29, 0.717) is 12.8 Å². The van der Waals surface area contributed by atoms with Crippen LogP contribution in [0.4, 0.5) is 0 Å². The van der Waals surface area contributed by atoms with Gasteiger partial charge in [-0.15, -0.1) is 22.7 Å². The molecule has 2 nitrogen and oxygen atoms in total. The van der Waals surface area contributed by atoms with Crippen LogP contribution in [0.3, 0.4) is 0 Å². The molecule has 0 N–H and O–H groups in total. The molecule has 0 aliphatic carbocycles. The van der Waals surface area contributed by atoms with Gasteiger partial charge in [0.15, 0.2) is 11.6 Å². The number of ketones is 2.